The van der Waals surface area contributed by atoms with E-state index >= 15 is 0 Å². The van der Waals surface area contributed by atoms with E-state index in [1.54, 1.807) is 29.2 Å². The molecule has 2 aromatic heterocycles. The van der Waals surface area contributed by atoms with Gasteiger partial charge >= 0.3 is 12.1 Å². The molecular weight excluding hydrogens is 439 g/mol. The molecule has 172 valence electrons. The lowest BCUT2D eigenvalue weighted by atomic mass is 10.1. The molecule has 0 spiro atoms. The lowest BCUT2D eigenvalue weighted by Gasteiger charge is -2.27. The molecule has 4 heterocycles. The van der Waals surface area contributed by atoms with Gasteiger partial charge in [0, 0.05) is 43.1 Å². The summed E-state index contributed by atoms with van der Waals surface area (Å²) in [6.07, 6.45) is -1.35. The van der Waals surface area contributed by atoms with E-state index in [2.05, 4.69) is 30.4 Å². The second-order valence-corrected chi connectivity index (χ2v) is 7.83. The molecule has 1 fully saturated rings. The lowest BCUT2D eigenvalue weighted by molar-refractivity contribution is -0.156. The Balaban J connectivity index is 1.53. The molecule has 1 N–H and O–H groups in total. The highest BCUT2D eigenvalue weighted by molar-refractivity contribution is 6.10. The topological polar surface area (TPSA) is 100 Å². The third-order valence-electron chi connectivity index (χ3n) is 5.69. The number of amides is 1. The first-order valence-electron chi connectivity index (χ1n) is 10.6. The summed E-state index contributed by atoms with van der Waals surface area (Å²) >= 11 is 0. The van der Waals surface area contributed by atoms with Gasteiger partial charge in [-0.25, -0.2) is 4.98 Å². The third kappa shape index (κ3) is 3.85. The molecule has 1 amide bonds. The number of nitrogens with zero attached hydrogens (tertiary/aromatic N) is 6. The van der Waals surface area contributed by atoms with Gasteiger partial charge in [-0.3, -0.25) is 4.79 Å². The molecule has 9 nitrogen and oxygen atoms in total. The predicted molar refractivity (Wildman–Crippen MR) is 113 cm³/mol. The number of rotatable bonds is 4. The van der Waals surface area contributed by atoms with Crippen molar-refractivity contribution in [2.24, 2.45) is 0 Å². The minimum atomic E-state index is -4.73. The molecular formula is C21H20F3N7O2. The molecule has 0 radical (unpaired) electrons. The number of fused-ring (bicyclic) bond motifs is 3. The minimum Gasteiger partial charge on any atom is -0.413 e. The van der Waals surface area contributed by atoms with Crippen LogP contribution in [0.2, 0.25) is 0 Å². The zero-order valence-corrected chi connectivity index (χ0v) is 17.6. The first kappa shape index (κ1) is 21.2. The number of hydrogen-bond acceptors (Lipinski definition) is 8. The van der Waals surface area contributed by atoms with Crippen LogP contribution in [0.15, 0.2) is 34.9 Å². The Morgan fingerprint density at radius 3 is 2.88 bits per heavy atom. The second kappa shape index (κ2) is 8.01. The maximum Gasteiger partial charge on any atom is 0.470 e. The van der Waals surface area contributed by atoms with Gasteiger partial charge in [0.2, 0.25) is 11.8 Å². The normalized spacial score (nSPS) is 18.2. The van der Waals surface area contributed by atoms with Crippen LogP contribution in [-0.2, 0) is 6.18 Å². The van der Waals surface area contributed by atoms with Crippen LogP contribution in [0, 0.1) is 0 Å². The van der Waals surface area contributed by atoms with Gasteiger partial charge in [0.1, 0.15) is 11.4 Å². The molecule has 0 saturated carbocycles. The Labute approximate surface area is 186 Å². The van der Waals surface area contributed by atoms with Gasteiger partial charge in [-0.15, -0.1) is 10.2 Å². The average molecular weight is 459 g/mol. The van der Waals surface area contributed by atoms with Gasteiger partial charge in [0.15, 0.2) is 0 Å². The summed E-state index contributed by atoms with van der Waals surface area (Å²) < 4.78 is 43.4. The van der Waals surface area contributed by atoms with Crippen LogP contribution in [0.4, 0.5) is 30.6 Å². The molecule has 3 aromatic rings. The zero-order valence-electron chi connectivity index (χ0n) is 17.6. The van der Waals surface area contributed by atoms with E-state index < -0.39 is 12.1 Å². The van der Waals surface area contributed by atoms with E-state index in [4.69, 9.17) is 4.42 Å². The number of carbonyl (C=O) groups is 1. The Morgan fingerprint density at radius 1 is 1.27 bits per heavy atom. The smallest absolute Gasteiger partial charge is 0.413 e. The summed E-state index contributed by atoms with van der Waals surface area (Å²) in [7, 11) is 0. The molecule has 0 aliphatic carbocycles. The second-order valence-electron chi connectivity index (χ2n) is 7.83. The highest BCUT2D eigenvalue weighted by atomic mass is 19.4. The summed E-state index contributed by atoms with van der Waals surface area (Å²) in [4.78, 5) is 26.1. The third-order valence-corrected chi connectivity index (χ3v) is 5.69. The Kier molecular flexibility index (Phi) is 5.14. The van der Waals surface area contributed by atoms with E-state index in [-0.39, 0.29) is 23.4 Å². The van der Waals surface area contributed by atoms with Crippen molar-refractivity contribution < 1.29 is 22.4 Å². The maximum atomic E-state index is 13.5. The Bertz CT molecular complexity index is 1200. The van der Waals surface area contributed by atoms with Crippen LogP contribution in [0.1, 0.15) is 36.0 Å². The number of nitrogens with one attached hydrogen (secondary N) is 1. The van der Waals surface area contributed by atoms with Gasteiger partial charge < -0.3 is 19.5 Å². The Hall–Kier alpha value is -3.70. The fourth-order valence-corrected chi connectivity index (χ4v) is 4.21. The number of benzene rings is 1. The molecule has 33 heavy (non-hydrogen) atoms. The van der Waals surface area contributed by atoms with Crippen LogP contribution >= 0.6 is 0 Å². The van der Waals surface area contributed by atoms with Crippen LogP contribution in [-0.4, -0.2) is 51.7 Å². The van der Waals surface area contributed by atoms with Crippen molar-refractivity contribution in [1.29, 1.82) is 0 Å². The molecule has 2 aliphatic heterocycles. The monoisotopic (exact) mass is 459 g/mol. The SMILES string of the molecule is CCNc1ncc2c(n1)N1CCC[C@H]1CN(c1cccc(-c3nnc(C(F)(F)F)o3)c1)C2=O. The zero-order chi connectivity index (χ0) is 23.2. The van der Waals surface area contributed by atoms with Crippen molar-refractivity contribution in [3.63, 3.8) is 0 Å². The highest BCUT2D eigenvalue weighted by Gasteiger charge is 2.39. The standard InChI is InChI=1S/C21H20F3N7O2/c1-2-25-20-26-10-15-16(27-20)30-8-4-7-14(30)11-31(18(15)32)13-6-3-5-12(9-13)17-28-29-19(33-17)21(22,23)24/h3,5-6,9-10,14H,2,4,7-8,11H2,1H3,(H,25,26,27)/t14-/m0/s1. The van der Waals surface area contributed by atoms with Gasteiger partial charge in [0.25, 0.3) is 5.91 Å². The van der Waals surface area contributed by atoms with Crippen LogP contribution in [0.25, 0.3) is 11.5 Å². The summed E-state index contributed by atoms with van der Waals surface area (Å²) in [5, 5.41) is 9.68. The number of carbonyl (C=O) groups excluding carboxylic acids is 1. The molecule has 1 saturated heterocycles. The van der Waals surface area contributed by atoms with Crippen LogP contribution in [0.3, 0.4) is 0 Å². The number of alkyl halides is 3. The lowest BCUT2D eigenvalue weighted by Crippen LogP contribution is -2.39. The van der Waals surface area contributed by atoms with Crippen molar-refractivity contribution in [3.8, 4) is 11.5 Å². The number of anilines is 3. The van der Waals surface area contributed by atoms with Crippen molar-refractivity contribution in [2.45, 2.75) is 32.0 Å². The fraction of sp³-hybridized carbons (Fsp3) is 0.381. The van der Waals surface area contributed by atoms with E-state index in [0.29, 0.717) is 36.1 Å². The highest BCUT2D eigenvalue weighted by Crippen LogP contribution is 2.36. The fourth-order valence-electron chi connectivity index (χ4n) is 4.21. The van der Waals surface area contributed by atoms with Crippen LogP contribution in [0.5, 0.6) is 0 Å². The van der Waals surface area contributed by atoms with Gasteiger partial charge in [-0.1, -0.05) is 6.07 Å². The molecule has 1 atom stereocenters. The maximum absolute atomic E-state index is 13.5. The first-order chi connectivity index (χ1) is 15.8. The van der Waals surface area contributed by atoms with Gasteiger partial charge in [0.05, 0.1) is 0 Å². The number of hydrogen-bond donors (Lipinski definition) is 1. The van der Waals surface area contributed by atoms with E-state index in [0.717, 1.165) is 19.4 Å². The summed E-state index contributed by atoms with van der Waals surface area (Å²) in [5.74, 6) is -0.909. The average Bonchev–Trinajstić information content (AvgIpc) is 3.45. The molecule has 2 aliphatic rings. The van der Waals surface area contributed by atoms with Gasteiger partial charge in [-0.05, 0) is 38.0 Å². The first-order valence-corrected chi connectivity index (χ1v) is 10.6. The number of aromatic nitrogens is 4. The van der Waals surface area contributed by atoms with E-state index in [1.807, 2.05) is 6.92 Å². The summed E-state index contributed by atoms with van der Waals surface area (Å²) in [6, 6.07) is 6.55. The van der Waals surface area contributed by atoms with E-state index in [9.17, 15) is 18.0 Å². The molecule has 5 rings (SSSR count). The molecule has 1 aromatic carbocycles. The summed E-state index contributed by atoms with van der Waals surface area (Å²) in [6.45, 7) is 3.78. The summed E-state index contributed by atoms with van der Waals surface area (Å²) in [5.41, 5.74) is 1.18. The number of halogens is 3. The minimum absolute atomic E-state index is 0.0588. The van der Waals surface area contributed by atoms with E-state index in [1.165, 1.54) is 6.20 Å². The molecule has 12 heteroatoms. The van der Waals surface area contributed by atoms with Crippen molar-refractivity contribution >= 4 is 23.4 Å². The molecule has 0 bridgehead atoms. The van der Waals surface area contributed by atoms with Crippen molar-refractivity contribution in [2.75, 3.05) is 34.8 Å². The van der Waals surface area contributed by atoms with Crippen molar-refractivity contribution in [1.82, 2.24) is 20.2 Å². The molecule has 0 unspecified atom stereocenters. The van der Waals surface area contributed by atoms with Crippen molar-refractivity contribution in [3.05, 3.63) is 41.9 Å². The van der Waals surface area contributed by atoms with Crippen LogP contribution < -0.4 is 15.1 Å². The predicted octanol–water partition coefficient (Wildman–Crippen LogP) is 3.61. The largest absolute Gasteiger partial charge is 0.470 e. The Morgan fingerprint density at radius 2 is 2.12 bits per heavy atom. The quantitative estimate of drug-likeness (QED) is 0.632. The van der Waals surface area contributed by atoms with Gasteiger partial charge in [-0.2, -0.15) is 18.2 Å².